The van der Waals surface area contributed by atoms with Crippen molar-refractivity contribution in [2.45, 2.75) is 0 Å². The Kier molecular flexibility index (Phi) is 8.99. The Labute approximate surface area is 128 Å². The summed E-state index contributed by atoms with van der Waals surface area (Å²) in [5, 5.41) is 43.5. The van der Waals surface area contributed by atoms with E-state index in [1.54, 1.807) is 0 Å². The second kappa shape index (κ2) is 9.47. The van der Waals surface area contributed by atoms with Crippen molar-refractivity contribution in [2.24, 2.45) is 0 Å². The largest absolute Gasteiger partial charge is 2.00 e. The van der Waals surface area contributed by atoms with Crippen LogP contribution >= 0.6 is 0 Å². The molecule has 17 nitrogen and oxygen atoms in total. The number of nitrogen functional groups attached to an aromatic ring is 3. The summed E-state index contributed by atoms with van der Waals surface area (Å²) < 4.78 is 5.40. The first-order valence-electron chi connectivity index (χ1n) is 4.34. The molecule has 0 amide bonds. The standard InChI is InChI=1S/C4H6N8O.2NO3.Ni/c5-2-1(10-13-11-2)3-8-9-4(6)12(3)7;2*2-1(3)4;/h7H2,(H2,5,11)(H2,6,9);;;/q;2*-1;+2. The van der Waals surface area contributed by atoms with Crippen molar-refractivity contribution in [1.82, 2.24) is 25.2 Å². The number of anilines is 2. The van der Waals surface area contributed by atoms with Gasteiger partial charge >= 0.3 is 16.5 Å². The van der Waals surface area contributed by atoms with Crippen molar-refractivity contribution < 1.29 is 31.3 Å². The summed E-state index contributed by atoms with van der Waals surface area (Å²) in [5.41, 5.74) is 11.0. The molecule has 0 atom stereocenters. The molecular formula is C4H6N10NiO7. The molecule has 2 aromatic heterocycles. The number of hydrogen-bond acceptors (Lipinski definition) is 14. The van der Waals surface area contributed by atoms with Gasteiger partial charge < -0.3 is 48.0 Å². The van der Waals surface area contributed by atoms with Crippen LogP contribution in [0.4, 0.5) is 11.8 Å². The van der Waals surface area contributed by atoms with E-state index in [0.29, 0.717) is 0 Å². The van der Waals surface area contributed by atoms with Crippen LogP contribution in [-0.4, -0.2) is 35.4 Å². The molecule has 0 fully saturated rings. The van der Waals surface area contributed by atoms with Crippen molar-refractivity contribution in [3.63, 3.8) is 0 Å². The fraction of sp³-hybridized carbons (Fsp3) is 0. The molecule has 0 spiro atoms. The maximum absolute atomic E-state index is 8.25. The Hall–Kier alpha value is -3.43. The summed E-state index contributed by atoms with van der Waals surface area (Å²) in [6.45, 7) is 0. The zero-order chi connectivity index (χ0) is 16.6. The van der Waals surface area contributed by atoms with E-state index in [0.717, 1.165) is 4.68 Å². The molecule has 0 bridgehead atoms. The van der Waals surface area contributed by atoms with E-state index in [-0.39, 0.29) is 39.8 Å². The van der Waals surface area contributed by atoms with Crippen molar-refractivity contribution >= 4 is 11.8 Å². The Balaban J connectivity index is 0. The van der Waals surface area contributed by atoms with Crippen molar-refractivity contribution in [1.29, 1.82) is 0 Å². The number of rotatable bonds is 1. The first-order valence-corrected chi connectivity index (χ1v) is 4.34. The molecule has 0 aliphatic heterocycles. The Bertz CT molecular complexity index is 590. The van der Waals surface area contributed by atoms with E-state index in [1.165, 1.54) is 0 Å². The Morgan fingerprint density at radius 3 is 1.73 bits per heavy atom. The predicted octanol–water partition coefficient (Wildman–Crippen LogP) is -2.27. The van der Waals surface area contributed by atoms with Gasteiger partial charge in [0.2, 0.25) is 11.8 Å². The van der Waals surface area contributed by atoms with E-state index >= 15 is 0 Å². The average Bonchev–Trinajstić information content (AvgIpc) is 2.86. The average molecular weight is 365 g/mol. The van der Waals surface area contributed by atoms with Gasteiger partial charge in [0.15, 0.2) is 11.5 Å². The minimum absolute atomic E-state index is 0. The minimum Gasteiger partial charge on any atom is -0.379 e. The van der Waals surface area contributed by atoms with Crippen LogP contribution < -0.4 is 17.3 Å². The second-order valence-corrected chi connectivity index (χ2v) is 2.70. The molecule has 6 N–H and O–H groups in total. The van der Waals surface area contributed by atoms with Gasteiger partial charge in [-0.2, -0.15) is 0 Å². The molecule has 0 aliphatic rings. The molecule has 22 heavy (non-hydrogen) atoms. The number of nitrogens with zero attached hydrogens (tertiary/aromatic N) is 7. The van der Waals surface area contributed by atoms with Crippen LogP contribution in [0.2, 0.25) is 0 Å². The van der Waals surface area contributed by atoms with Crippen LogP contribution in [-0.2, 0) is 16.5 Å². The monoisotopic (exact) mass is 364 g/mol. The maximum Gasteiger partial charge on any atom is 2.00 e. The van der Waals surface area contributed by atoms with Crippen LogP contribution in [0.15, 0.2) is 4.63 Å². The van der Waals surface area contributed by atoms with Crippen LogP contribution in [0.25, 0.3) is 11.5 Å². The molecule has 0 saturated heterocycles. The first-order chi connectivity index (χ1) is 9.66. The molecule has 0 aliphatic carbocycles. The minimum atomic E-state index is -1.75. The van der Waals surface area contributed by atoms with Crippen LogP contribution in [0.3, 0.4) is 0 Å². The summed E-state index contributed by atoms with van der Waals surface area (Å²) in [6, 6.07) is 0. The zero-order valence-electron chi connectivity index (χ0n) is 10.0. The summed E-state index contributed by atoms with van der Waals surface area (Å²) in [5.74, 6) is 5.80. The van der Waals surface area contributed by atoms with E-state index in [2.05, 4.69) is 25.1 Å². The fourth-order valence-electron chi connectivity index (χ4n) is 0.816. The quantitative estimate of drug-likeness (QED) is 0.208. The molecule has 0 saturated carbocycles. The third-order valence-corrected chi connectivity index (χ3v) is 1.45. The van der Waals surface area contributed by atoms with Gasteiger partial charge in [0.25, 0.3) is 0 Å². The second-order valence-electron chi connectivity index (χ2n) is 2.70. The van der Waals surface area contributed by atoms with Gasteiger partial charge in [0.1, 0.15) is 0 Å². The van der Waals surface area contributed by atoms with E-state index in [1.807, 2.05) is 0 Å². The van der Waals surface area contributed by atoms with E-state index in [4.69, 9.17) is 48.0 Å². The molecule has 2 heterocycles. The molecule has 124 valence electrons. The summed E-state index contributed by atoms with van der Waals surface area (Å²) in [6.07, 6.45) is 0. The van der Waals surface area contributed by atoms with Gasteiger partial charge in [-0.05, 0) is 10.3 Å². The summed E-state index contributed by atoms with van der Waals surface area (Å²) in [7, 11) is 0. The van der Waals surface area contributed by atoms with Crippen molar-refractivity contribution in [3.05, 3.63) is 30.6 Å². The first kappa shape index (κ1) is 20.9. The van der Waals surface area contributed by atoms with Gasteiger partial charge in [-0.25, -0.2) is 9.31 Å². The van der Waals surface area contributed by atoms with Gasteiger partial charge in [0.05, 0.1) is 10.2 Å². The summed E-state index contributed by atoms with van der Waals surface area (Å²) >= 11 is 0. The number of nitrogens with two attached hydrogens (primary N) is 3. The normalized spacial score (nSPS) is 8.36. The van der Waals surface area contributed by atoms with Gasteiger partial charge in [0, 0.05) is 0 Å². The smallest absolute Gasteiger partial charge is 0.379 e. The zero-order valence-corrected chi connectivity index (χ0v) is 11.0. The fourth-order valence-corrected chi connectivity index (χ4v) is 0.816. The van der Waals surface area contributed by atoms with Gasteiger partial charge in [-0.1, -0.05) is 0 Å². The SMILES string of the molecule is Nc1nonc1-c1nnc(N)n1N.O=[N+]([O-])[O-].O=[N+]([O-])[O-].[Ni+2]. The molecule has 2 rings (SSSR count). The topological polar surface area (TPSA) is 280 Å². The predicted molar refractivity (Wildman–Crippen MR) is 63.0 cm³/mol. The number of hydrogen-bond donors (Lipinski definition) is 3. The van der Waals surface area contributed by atoms with Crippen LogP contribution in [0.5, 0.6) is 0 Å². The van der Waals surface area contributed by atoms with E-state index < -0.39 is 10.2 Å². The summed E-state index contributed by atoms with van der Waals surface area (Å²) in [4.78, 5) is 16.5. The maximum atomic E-state index is 8.25. The van der Waals surface area contributed by atoms with Gasteiger partial charge in [-0.15, -0.1) is 10.2 Å². The molecule has 0 aromatic carbocycles. The van der Waals surface area contributed by atoms with Crippen molar-refractivity contribution in [3.8, 4) is 11.5 Å². The van der Waals surface area contributed by atoms with Crippen molar-refractivity contribution in [2.75, 3.05) is 17.3 Å². The number of aromatic nitrogens is 5. The molecule has 0 radical (unpaired) electrons. The molecule has 2 aromatic rings. The third kappa shape index (κ3) is 7.23. The van der Waals surface area contributed by atoms with Crippen LogP contribution in [0, 0.1) is 30.6 Å². The van der Waals surface area contributed by atoms with E-state index in [9.17, 15) is 0 Å². The third-order valence-electron chi connectivity index (χ3n) is 1.45. The van der Waals surface area contributed by atoms with Gasteiger partial charge in [-0.3, -0.25) is 0 Å². The Morgan fingerprint density at radius 2 is 1.45 bits per heavy atom. The molecule has 0 unspecified atom stereocenters. The molecule has 18 heteroatoms. The molecular weight excluding hydrogens is 359 g/mol. The Morgan fingerprint density at radius 1 is 1.00 bits per heavy atom. The van der Waals surface area contributed by atoms with Crippen LogP contribution in [0.1, 0.15) is 0 Å².